The molecule has 4 nitrogen and oxygen atoms in total. The van der Waals surface area contributed by atoms with Crippen LogP contribution in [0.5, 0.6) is 0 Å². The average Bonchev–Trinajstić information content (AvgIpc) is 2.87. The van der Waals surface area contributed by atoms with Gasteiger partial charge in [-0.1, -0.05) is 6.92 Å². The number of hydrogen-bond acceptors (Lipinski definition) is 4. The Kier molecular flexibility index (Phi) is 3.49. The predicted octanol–water partition coefficient (Wildman–Crippen LogP) is 2.14. The quantitative estimate of drug-likeness (QED) is 0.894. The van der Waals surface area contributed by atoms with E-state index in [1.54, 1.807) is 11.3 Å². The van der Waals surface area contributed by atoms with E-state index in [4.69, 9.17) is 0 Å². The Bertz CT molecular complexity index is 418. The number of hydrogen-bond donors (Lipinski definition) is 1. The van der Waals surface area contributed by atoms with Crippen LogP contribution in [0.2, 0.25) is 0 Å². The molecule has 0 amide bonds. The summed E-state index contributed by atoms with van der Waals surface area (Å²) in [6.45, 7) is 6.24. The van der Waals surface area contributed by atoms with Gasteiger partial charge in [0.25, 0.3) is 0 Å². The van der Waals surface area contributed by atoms with Crippen LogP contribution in [0.4, 0.5) is 0 Å². The van der Waals surface area contributed by atoms with E-state index in [-0.39, 0.29) is 0 Å². The number of carboxylic acid groups (broad SMARTS) is 1. The molecule has 1 saturated heterocycles. The molecule has 1 aromatic rings. The van der Waals surface area contributed by atoms with E-state index in [9.17, 15) is 9.90 Å². The van der Waals surface area contributed by atoms with Crippen molar-refractivity contribution in [2.45, 2.75) is 33.2 Å². The van der Waals surface area contributed by atoms with Crippen LogP contribution in [0, 0.1) is 12.3 Å². The van der Waals surface area contributed by atoms with Gasteiger partial charge in [-0.2, -0.15) is 0 Å². The fourth-order valence-corrected chi connectivity index (χ4v) is 3.19. The van der Waals surface area contributed by atoms with Gasteiger partial charge < -0.3 is 5.11 Å². The number of aromatic nitrogens is 1. The lowest BCUT2D eigenvalue weighted by atomic mass is 9.84. The molecular formula is C12H18N2O2S. The topological polar surface area (TPSA) is 53.4 Å². The van der Waals surface area contributed by atoms with Gasteiger partial charge in [0.2, 0.25) is 0 Å². The second kappa shape index (κ2) is 4.74. The third-order valence-corrected chi connectivity index (χ3v) is 4.54. The first kappa shape index (κ1) is 12.5. The molecule has 1 atom stereocenters. The van der Waals surface area contributed by atoms with Crippen LogP contribution in [0.25, 0.3) is 0 Å². The van der Waals surface area contributed by atoms with Crippen LogP contribution >= 0.6 is 11.3 Å². The smallest absolute Gasteiger partial charge is 0.310 e. The molecule has 1 aliphatic rings. The van der Waals surface area contributed by atoms with Crippen LogP contribution in [0.1, 0.15) is 30.5 Å². The number of rotatable bonds is 4. The monoisotopic (exact) mass is 254 g/mol. The Morgan fingerprint density at radius 2 is 2.47 bits per heavy atom. The SMILES string of the molecule is CCC1(C(=O)O)CCN(Cc2nc(C)cs2)C1. The summed E-state index contributed by atoms with van der Waals surface area (Å²) in [5, 5.41) is 12.4. The second-order valence-electron chi connectivity index (χ2n) is 4.78. The molecule has 94 valence electrons. The Morgan fingerprint density at radius 1 is 1.71 bits per heavy atom. The fourth-order valence-electron chi connectivity index (χ4n) is 2.37. The van der Waals surface area contributed by atoms with Crippen molar-refractivity contribution < 1.29 is 9.90 Å². The normalized spacial score (nSPS) is 25.3. The Labute approximate surface area is 105 Å². The minimum Gasteiger partial charge on any atom is -0.481 e. The maximum absolute atomic E-state index is 11.3. The van der Waals surface area contributed by atoms with Crippen molar-refractivity contribution >= 4 is 17.3 Å². The first-order valence-electron chi connectivity index (χ1n) is 5.92. The number of aliphatic carboxylic acids is 1. The summed E-state index contributed by atoms with van der Waals surface area (Å²) in [4.78, 5) is 17.9. The summed E-state index contributed by atoms with van der Waals surface area (Å²) in [6.07, 6.45) is 1.46. The van der Waals surface area contributed by atoms with Gasteiger partial charge in [0, 0.05) is 17.6 Å². The predicted molar refractivity (Wildman–Crippen MR) is 67.1 cm³/mol. The van der Waals surface area contributed by atoms with Crippen molar-refractivity contribution in [1.82, 2.24) is 9.88 Å². The van der Waals surface area contributed by atoms with Gasteiger partial charge >= 0.3 is 5.97 Å². The number of carbonyl (C=O) groups is 1. The molecule has 0 radical (unpaired) electrons. The zero-order valence-electron chi connectivity index (χ0n) is 10.3. The van der Waals surface area contributed by atoms with Crippen molar-refractivity contribution in [1.29, 1.82) is 0 Å². The van der Waals surface area contributed by atoms with Crippen molar-refractivity contribution in [2.75, 3.05) is 13.1 Å². The van der Waals surface area contributed by atoms with Gasteiger partial charge in [-0.3, -0.25) is 9.69 Å². The van der Waals surface area contributed by atoms with E-state index in [2.05, 4.69) is 9.88 Å². The summed E-state index contributed by atoms with van der Waals surface area (Å²) >= 11 is 1.65. The molecule has 1 aliphatic heterocycles. The molecule has 17 heavy (non-hydrogen) atoms. The molecule has 1 unspecified atom stereocenters. The van der Waals surface area contributed by atoms with Gasteiger partial charge in [-0.25, -0.2) is 4.98 Å². The highest BCUT2D eigenvalue weighted by molar-refractivity contribution is 7.09. The number of aryl methyl sites for hydroxylation is 1. The third kappa shape index (κ3) is 2.50. The highest BCUT2D eigenvalue weighted by Gasteiger charge is 2.43. The molecule has 0 aromatic carbocycles. The van der Waals surface area contributed by atoms with E-state index in [0.717, 1.165) is 30.2 Å². The molecule has 0 spiro atoms. The number of likely N-dealkylation sites (tertiary alicyclic amines) is 1. The standard InChI is InChI=1S/C12H18N2O2S/c1-3-12(11(15)16)4-5-14(8-12)6-10-13-9(2)7-17-10/h7H,3-6,8H2,1-2H3,(H,15,16). The first-order chi connectivity index (χ1) is 8.05. The lowest BCUT2D eigenvalue weighted by molar-refractivity contribution is -0.148. The lowest BCUT2D eigenvalue weighted by Gasteiger charge is -2.22. The van der Waals surface area contributed by atoms with Gasteiger partial charge in [-0.15, -0.1) is 11.3 Å². The van der Waals surface area contributed by atoms with Crippen LogP contribution in [0.15, 0.2) is 5.38 Å². The van der Waals surface area contributed by atoms with Crippen LogP contribution in [-0.4, -0.2) is 34.0 Å². The number of thiazole rings is 1. The minimum atomic E-state index is -0.655. The summed E-state index contributed by atoms with van der Waals surface area (Å²) in [5.41, 5.74) is 0.510. The maximum atomic E-state index is 11.3. The summed E-state index contributed by atoms with van der Waals surface area (Å²) in [5.74, 6) is -0.655. The third-order valence-electron chi connectivity index (χ3n) is 3.59. The number of carboxylic acids is 1. The molecule has 1 fully saturated rings. The van der Waals surface area contributed by atoms with E-state index in [1.807, 2.05) is 19.2 Å². The van der Waals surface area contributed by atoms with Crippen molar-refractivity contribution in [3.63, 3.8) is 0 Å². The fraction of sp³-hybridized carbons (Fsp3) is 0.667. The van der Waals surface area contributed by atoms with E-state index < -0.39 is 11.4 Å². The first-order valence-corrected chi connectivity index (χ1v) is 6.80. The second-order valence-corrected chi connectivity index (χ2v) is 5.72. The molecule has 0 aliphatic carbocycles. The van der Waals surface area contributed by atoms with Crippen LogP contribution < -0.4 is 0 Å². The van der Waals surface area contributed by atoms with E-state index >= 15 is 0 Å². The average molecular weight is 254 g/mol. The van der Waals surface area contributed by atoms with Gasteiger partial charge in [-0.05, 0) is 26.3 Å². The Balaban J connectivity index is 2.00. The molecule has 2 rings (SSSR count). The van der Waals surface area contributed by atoms with Crippen LogP contribution in [-0.2, 0) is 11.3 Å². The Hall–Kier alpha value is -0.940. The van der Waals surface area contributed by atoms with Gasteiger partial charge in [0.15, 0.2) is 0 Å². The van der Waals surface area contributed by atoms with Crippen molar-refractivity contribution in [3.05, 3.63) is 16.1 Å². The molecule has 0 bridgehead atoms. The lowest BCUT2D eigenvalue weighted by Crippen LogP contribution is -2.33. The van der Waals surface area contributed by atoms with Crippen LogP contribution in [0.3, 0.4) is 0 Å². The molecule has 1 aromatic heterocycles. The zero-order valence-corrected chi connectivity index (χ0v) is 11.1. The van der Waals surface area contributed by atoms with Crippen molar-refractivity contribution in [2.24, 2.45) is 5.41 Å². The molecule has 2 heterocycles. The van der Waals surface area contributed by atoms with Gasteiger partial charge in [0.05, 0.1) is 12.0 Å². The van der Waals surface area contributed by atoms with E-state index in [1.165, 1.54) is 0 Å². The van der Waals surface area contributed by atoms with Crippen molar-refractivity contribution in [3.8, 4) is 0 Å². The molecule has 0 saturated carbocycles. The summed E-state index contributed by atoms with van der Waals surface area (Å²) < 4.78 is 0. The summed E-state index contributed by atoms with van der Waals surface area (Å²) in [6, 6.07) is 0. The summed E-state index contributed by atoms with van der Waals surface area (Å²) in [7, 11) is 0. The highest BCUT2D eigenvalue weighted by Crippen LogP contribution is 2.35. The molecule has 1 N–H and O–H groups in total. The largest absolute Gasteiger partial charge is 0.481 e. The molecular weight excluding hydrogens is 236 g/mol. The zero-order chi connectivity index (χ0) is 12.5. The van der Waals surface area contributed by atoms with Gasteiger partial charge in [0.1, 0.15) is 5.01 Å². The van der Waals surface area contributed by atoms with E-state index in [0.29, 0.717) is 13.0 Å². The maximum Gasteiger partial charge on any atom is 0.310 e. The minimum absolute atomic E-state index is 0.535. The molecule has 5 heteroatoms. The highest BCUT2D eigenvalue weighted by atomic mass is 32.1. The Morgan fingerprint density at radius 3 is 2.94 bits per heavy atom. The number of nitrogens with zero attached hydrogens (tertiary/aromatic N) is 2.